The number of nitrogens with one attached hydrogen (secondary N) is 2. The van der Waals surface area contributed by atoms with Crippen molar-refractivity contribution in [2.75, 3.05) is 13.2 Å². The third-order valence-corrected chi connectivity index (χ3v) is 4.92. The van der Waals surface area contributed by atoms with Crippen LogP contribution >= 0.6 is 11.6 Å². The van der Waals surface area contributed by atoms with E-state index in [2.05, 4.69) is 16.6 Å². The molecule has 0 heterocycles. The minimum Gasteiger partial charge on any atom is -0.481 e. The molecule has 0 aliphatic carbocycles. The number of amides is 2. The molecule has 0 bridgehead atoms. The highest BCUT2D eigenvalue weighted by Gasteiger charge is 2.25. The number of nitro groups is 1. The summed E-state index contributed by atoms with van der Waals surface area (Å²) in [5.41, 5.74) is 0.671. The number of carbonyl (C=O) groups excluding carboxylic acids is 2. The molecule has 2 N–H and O–H groups in total. The number of terminal acetylenes is 1. The lowest BCUT2D eigenvalue weighted by atomic mass is 10.0. The van der Waals surface area contributed by atoms with Crippen molar-refractivity contribution in [3.63, 3.8) is 0 Å². The van der Waals surface area contributed by atoms with Crippen LogP contribution in [-0.2, 0) is 11.2 Å². The van der Waals surface area contributed by atoms with Gasteiger partial charge in [-0.05, 0) is 42.2 Å². The predicted molar refractivity (Wildman–Crippen MR) is 122 cm³/mol. The first-order valence-electron chi connectivity index (χ1n) is 9.90. The molecule has 0 radical (unpaired) electrons. The zero-order valence-corrected chi connectivity index (χ0v) is 18.5. The van der Waals surface area contributed by atoms with E-state index in [9.17, 15) is 19.7 Å². The summed E-state index contributed by atoms with van der Waals surface area (Å²) in [5, 5.41) is 16.4. The lowest BCUT2D eigenvalue weighted by molar-refractivity contribution is -0.384. The van der Waals surface area contributed by atoms with Crippen molar-refractivity contribution in [3.05, 3.63) is 68.7 Å². The second-order valence-electron chi connectivity index (χ2n) is 7.30. The summed E-state index contributed by atoms with van der Waals surface area (Å²) < 4.78 is 5.32. The summed E-state index contributed by atoms with van der Waals surface area (Å²) in [6.07, 6.45) is 5.75. The molecule has 0 aliphatic heterocycles. The first kappa shape index (κ1) is 24.7. The number of nitrogens with zero attached hydrogens (tertiary/aromatic N) is 1. The van der Waals surface area contributed by atoms with Gasteiger partial charge in [-0.3, -0.25) is 19.7 Å². The van der Waals surface area contributed by atoms with E-state index in [1.165, 1.54) is 12.1 Å². The van der Waals surface area contributed by atoms with Crippen LogP contribution in [0.1, 0.15) is 29.8 Å². The van der Waals surface area contributed by atoms with Gasteiger partial charge in [0, 0.05) is 18.2 Å². The molecule has 0 saturated heterocycles. The van der Waals surface area contributed by atoms with Crippen molar-refractivity contribution in [1.82, 2.24) is 10.6 Å². The molecule has 2 aromatic carbocycles. The van der Waals surface area contributed by atoms with Gasteiger partial charge in [0.2, 0.25) is 5.91 Å². The first-order chi connectivity index (χ1) is 15.2. The maximum atomic E-state index is 12.6. The van der Waals surface area contributed by atoms with Gasteiger partial charge in [0.05, 0.1) is 4.92 Å². The molecule has 0 fully saturated rings. The lowest BCUT2D eigenvalue weighted by Gasteiger charge is -2.22. The van der Waals surface area contributed by atoms with Crippen LogP contribution in [0.5, 0.6) is 5.75 Å². The fourth-order valence-corrected chi connectivity index (χ4v) is 3.06. The van der Waals surface area contributed by atoms with Crippen LogP contribution in [0.3, 0.4) is 0 Å². The molecular weight excluding hydrogens is 434 g/mol. The summed E-state index contributed by atoms with van der Waals surface area (Å²) >= 11 is 5.79. The normalized spacial score (nSPS) is 11.3. The second kappa shape index (κ2) is 11.7. The minimum atomic E-state index is -0.809. The zero-order valence-electron chi connectivity index (χ0n) is 17.8. The highest BCUT2D eigenvalue weighted by atomic mass is 35.5. The van der Waals surface area contributed by atoms with E-state index in [0.29, 0.717) is 18.7 Å². The third-order valence-electron chi connectivity index (χ3n) is 4.60. The fraction of sp³-hybridized carbons (Fsp3) is 0.304. The highest BCUT2D eigenvalue weighted by molar-refractivity contribution is 6.32. The quantitative estimate of drug-likeness (QED) is 0.323. The maximum absolute atomic E-state index is 12.6. The van der Waals surface area contributed by atoms with Gasteiger partial charge in [0.1, 0.15) is 23.4 Å². The van der Waals surface area contributed by atoms with Crippen molar-refractivity contribution in [2.24, 2.45) is 5.92 Å². The van der Waals surface area contributed by atoms with Crippen LogP contribution < -0.4 is 15.4 Å². The third kappa shape index (κ3) is 7.00. The number of carbonyl (C=O) groups is 2. The minimum absolute atomic E-state index is 0.0479. The Bertz CT molecular complexity index is 1020. The average Bonchev–Trinajstić information content (AvgIpc) is 2.76. The van der Waals surface area contributed by atoms with Gasteiger partial charge >= 0.3 is 0 Å². The number of hydrogen-bond donors (Lipinski definition) is 2. The molecule has 8 nitrogen and oxygen atoms in total. The van der Waals surface area contributed by atoms with Crippen LogP contribution in [0.4, 0.5) is 5.69 Å². The van der Waals surface area contributed by atoms with Crippen molar-refractivity contribution in [2.45, 2.75) is 26.3 Å². The van der Waals surface area contributed by atoms with Crippen molar-refractivity contribution in [1.29, 1.82) is 0 Å². The average molecular weight is 458 g/mol. The van der Waals surface area contributed by atoms with Gasteiger partial charge in [-0.1, -0.05) is 43.5 Å². The summed E-state index contributed by atoms with van der Waals surface area (Å²) in [7, 11) is 0. The Morgan fingerprint density at radius 3 is 2.50 bits per heavy atom. The standard InChI is InChI=1S/C23H24ClN3O5/c1-4-13-32-18-8-5-16(6-9-18)11-12-25-23(29)21(15(2)3)26-22(28)17-7-10-19(24)20(14-17)27(30)31/h1,5-10,14-15,21H,11-13H2,2-3H3,(H,25,29)(H,26,28). The topological polar surface area (TPSA) is 111 Å². The molecule has 2 rings (SSSR count). The van der Waals surface area contributed by atoms with Gasteiger partial charge < -0.3 is 15.4 Å². The van der Waals surface area contributed by atoms with E-state index >= 15 is 0 Å². The molecular formula is C23H24ClN3O5. The second-order valence-corrected chi connectivity index (χ2v) is 7.70. The molecule has 9 heteroatoms. The van der Waals surface area contributed by atoms with Crippen LogP contribution in [-0.4, -0.2) is 35.9 Å². The Morgan fingerprint density at radius 1 is 1.22 bits per heavy atom. The SMILES string of the molecule is C#CCOc1ccc(CCNC(=O)C(NC(=O)c2ccc(Cl)c([N+](=O)[O-])c2)C(C)C)cc1. The van der Waals surface area contributed by atoms with E-state index in [1.807, 2.05) is 12.1 Å². The number of halogens is 1. The smallest absolute Gasteiger partial charge is 0.288 e. The van der Waals surface area contributed by atoms with Crippen molar-refractivity contribution in [3.8, 4) is 18.1 Å². The predicted octanol–water partition coefficient (Wildman–Crippen LogP) is 3.37. The van der Waals surface area contributed by atoms with Gasteiger partial charge in [0.15, 0.2) is 0 Å². The van der Waals surface area contributed by atoms with E-state index < -0.39 is 16.9 Å². The Balaban J connectivity index is 1.95. The molecule has 168 valence electrons. The summed E-state index contributed by atoms with van der Waals surface area (Å²) in [6.45, 7) is 4.16. The van der Waals surface area contributed by atoms with Gasteiger partial charge in [-0.2, -0.15) is 0 Å². The lowest BCUT2D eigenvalue weighted by Crippen LogP contribution is -2.50. The molecule has 1 unspecified atom stereocenters. The maximum Gasteiger partial charge on any atom is 0.288 e. The summed E-state index contributed by atoms with van der Waals surface area (Å²) in [6, 6.07) is 10.3. The molecule has 1 atom stereocenters. The van der Waals surface area contributed by atoms with E-state index in [-0.39, 0.29) is 34.7 Å². The number of benzene rings is 2. The van der Waals surface area contributed by atoms with E-state index in [4.69, 9.17) is 22.8 Å². The Hall–Kier alpha value is -3.57. The molecule has 32 heavy (non-hydrogen) atoms. The molecule has 0 spiro atoms. The van der Waals surface area contributed by atoms with Crippen molar-refractivity contribution < 1.29 is 19.2 Å². The Labute approximate surface area is 191 Å². The zero-order chi connectivity index (χ0) is 23.7. The van der Waals surface area contributed by atoms with Crippen LogP contribution in [0.25, 0.3) is 0 Å². The number of nitro benzene ring substituents is 1. The van der Waals surface area contributed by atoms with Gasteiger partial charge in [-0.15, -0.1) is 6.42 Å². The van der Waals surface area contributed by atoms with E-state index in [1.54, 1.807) is 26.0 Å². The Morgan fingerprint density at radius 2 is 1.91 bits per heavy atom. The van der Waals surface area contributed by atoms with Crippen LogP contribution in [0.15, 0.2) is 42.5 Å². The molecule has 2 amide bonds. The first-order valence-corrected chi connectivity index (χ1v) is 10.3. The summed E-state index contributed by atoms with van der Waals surface area (Å²) in [5.74, 6) is 1.92. The molecule has 0 saturated carbocycles. The number of hydrogen-bond acceptors (Lipinski definition) is 5. The monoisotopic (exact) mass is 457 g/mol. The summed E-state index contributed by atoms with van der Waals surface area (Å²) in [4.78, 5) is 35.6. The molecule has 0 aliphatic rings. The largest absolute Gasteiger partial charge is 0.481 e. The van der Waals surface area contributed by atoms with Crippen molar-refractivity contribution >= 4 is 29.1 Å². The fourth-order valence-electron chi connectivity index (χ4n) is 2.87. The molecule has 0 aromatic heterocycles. The number of rotatable bonds is 10. The highest BCUT2D eigenvalue weighted by Crippen LogP contribution is 2.25. The van der Waals surface area contributed by atoms with Crippen LogP contribution in [0.2, 0.25) is 5.02 Å². The molecule has 2 aromatic rings. The van der Waals surface area contributed by atoms with Gasteiger partial charge in [-0.25, -0.2) is 0 Å². The van der Waals surface area contributed by atoms with E-state index in [0.717, 1.165) is 11.6 Å². The Kier molecular flexibility index (Phi) is 9.05. The number of ether oxygens (including phenoxy) is 1. The van der Waals surface area contributed by atoms with Crippen LogP contribution in [0, 0.1) is 28.4 Å². The van der Waals surface area contributed by atoms with Gasteiger partial charge in [0.25, 0.3) is 11.6 Å².